The minimum absolute atomic E-state index is 0.0300. The molecule has 6 heteroatoms. The van der Waals surface area contributed by atoms with Crippen LogP contribution in [0.4, 0.5) is 10.1 Å². The molecule has 0 unspecified atom stereocenters. The summed E-state index contributed by atoms with van der Waals surface area (Å²) in [4.78, 5) is 11.1. The van der Waals surface area contributed by atoms with Gasteiger partial charge in [0.1, 0.15) is 11.6 Å². The Morgan fingerprint density at radius 3 is 2.80 bits per heavy atom. The Hall–Kier alpha value is -1.00. The van der Waals surface area contributed by atoms with Crippen molar-refractivity contribution in [1.82, 2.24) is 0 Å². The number of benzene rings is 1. The van der Waals surface area contributed by atoms with Crippen LogP contribution < -0.4 is 5.32 Å². The molecule has 0 radical (unpaired) electrons. The standard InChI is InChI=1S/C9H8Cl2FNO2/c10-2-1-9(15)13-7-3-5(11)8(14)4-6(7)12/h3-4,14H,1-2H2,(H,13,15). The van der Waals surface area contributed by atoms with Crippen molar-refractivity contribution in [2.45, 2.75) is 6.42 Å². The van der Waals surface area contributed by atoms with Crippen molar-refractivity contribution < 1.29 is 14.3 Å². The fourth-order valence-corrected chi connectivity index (χ4v) is 1.27. The number of halogens is 3. The number of hydrogen-bond donors (Lipinski definition) is 2. The summed E-state index contributed by atoms with van der Waals surface area (Å²) in [7, 11) is 0. The topological polar surface area (TPSA) is 49.3 Å². The van der Waals surface area contributed by atoms with Crippen LogP contribution in [0.1, 0.15) is 6.42 Å². The van der Waals surface area contributed by atoms with Crippen molar-refractivity contribution in [2.24, 2.45) is 0 Å². The molecule has 0 heterocycles. The molecule has 2 N–H and O–H groups in total. The van der Waals surface area contributed by atoms with Gasteiger partial charge >= 0.3 is 0 Å². The molecule has 0 saturated heterocycles. The number of carbonyl (C=O) groups excluding carboxylic acids is 1. The lowest BCUT2D eigenvalue weighted by molar-refractivity contribution is -0.115. The number of carbonyl (C=O) groups is 1. The molecule has 1 rings (SSSR count). The molecule has 1 aromatic rings. The predicted molar refractivity (Wildman–Crippen MR) is 57.0 cm³/mol. The minimum Gasteiger partial charge on any atom is -0.506 e. The molecule has 82 valence electrons. The average Bonchev–Trinajstić information content (AvgIpc) is 2.14. The van der Waals surface area contributed by atoms with Crippen LogP contribution in [0.2, 0.25) is 5.02 Å². The largest absolute Gasteiger partial charge is 0.506 e. The van der Waals surface area contributed by atoms with Gasteiger partial charge < -0.3 is 10.4 Å². The van der Waals surface area contributed by atoms with E-state index < -0.39 is 11.7 Å². The third-order valence-electron chi connectivity index (χ3n) is 1.63. The number of rotatable bonds is 3. The maximum atomic E-state index is 13.2. The zero-order chi connectivity index (χ0) is 11.4. The summed E-state index contributed by atoms with van der Waals surface area (Å²) in [5, 5.41) is 11.3. The van der Waals surface area contributed by atoms with Gasteiger partial charge in [-0.25, -0.2) is 4.39 Å². The number of phenolic OH excluding ortho intramolecular Hbond substituents is 1. The van der Waals surface area contributed by atoms with Gasteiger partial charge in [-0.2, -0.15) is 0 Å². The summed E-state index contributed by atoms with van der Waals surface area (Å²) in [5.74, 6) is -1.38. The van der Waals surface area contributed by atoms with Crippen molar-refractivity contribution in [3.8, 4) is 5.75 Å². The maximum Gasteiger partial charge on any atom is 0.225 e. The van der Waals surface area contributed by atoms with Crippen LogP contribution in [0.15, 0.2) is 12.1 Å². The molecular formula is C9H8Cl2FNO2. The van der Waals surface area contributed by atoms with Crippen LogP contribution in [-0.2, 0) is 4.79 Å². The number of amides is 1. The molecular weight excluding hydrogens is 244 g/mol. The molecule has 3 nitrogen and oxygen atoms in total. The molecule has 0 aliphatic carbocycles. The van der Waals surface area contributed by atoms with E-state index in [0.717, 1.165) is 12.1 Å². The Kier molecular flexibility index (Phi) is 4.17. The lowest BCUT2D eigenvalue weighted by Crippen LogP contribution is -2.12. The molecule has 0 atom stereocenters. The van der Waals surface area contributed by atoms with E-state index in [1.807, 2.05) is 0 Å². The fraction of sp³-hybridized carbons (Fsp3) is 0.222. The lowest BCUT2D eigenvalue weighted by atomic mass is 10.2. The first kappa shape index (κ1) is 12.1. The van der Waals surface area contributed by atoms with Gasteiger partial charge in [-0.1, -0.05) is 11.6 Å². The molecule has 0 spiro atoms. The molecule has 0 saturated carbocycles. The molecule has 1 aromatic carbocycles. The normalized spacial score (nSPS) is 10.1. The van der Waals surface area contributed by atoms with Crippen molar-refractivity contribution in [3.05, 3.63) is 23.0 Å². The first-order valence-electron chi connectivity index (χ1n) is 4.08. The molecule has 0 fully saturated rings. The van der Waals surface area contributed by atoms with Gasteiger partial charge in [0.2, 0.25) is 5.91 Å². The van der Waals surface area contributed by atoms with Crippen LogP contribution in [0.5, 0.6) is 5.75 Å². The summed E-state index contributed by atoms with van der Waals surface area (Å²) in [6.07, 6.45) is 0.0828. The molecule has 0 aromatic heterocycles. The lowest BCUT2D eigenvalue weighted by Gasteiger charge is -2.06. The maximum absolute atomic E-state index is 13.2. The first-order chi connectivity index (χ1) is 7.04. The van der Waals surface area contributed by atoms with E-state index in [1.165, 1.54) is 0 Å². The van der Waals surface area contributed by atoms with Crippen molar-refractivity contribution in [1.29, 1.82) is 0 Å². The number of alkyl halides is 1. The van der Waals surface area contributed by atoms with Gasteiger partial charge in [-0.05, 0) is 6.07 Å². The monoisotopic (exact) mass is 251 g/mol. The number of anilines is 1. The Morgan fingerprint density at radius 2 is 2.20 bits per heavy atom. The summed E-state index contributed by atoms with van der Waals surface area (Å²) in [6, 6.07) is 1.97. The smallest absolute Gasteiger partial charge is 0.225 e. The Labute approximate surface area is 95.8 Å². The van der Waals surface area contributed by atoms with E-state index in [2.05, 4.69) is 5.32 Å². The van der Waals surface area contributed by atoms with E-state index in [1.54, 1.807) is 0 Å². The van der Waals surface area contributed by atoms with Crippen LogP contribution in [0.3, 0.4) is 0 Å². The van der Waals surface area contributed by atoms with Crippen molar-refractivity contribution in [2.75, 3.05) is 11.2 Å². The van der Waals surface area contributed by atoms with Gasteiger partial charge in [0.05, 0.1) is 10.7 Å². The summed E-state index contributed by atoms with van der Waals surface area (Å²) < 4.78 is 13.2. The zero-order valence-corrected chi connectivity index (χ0v) is 9.07. The SMILES string of the molecule is O=C(CCCl)Nc1cc(Cl)c(O)cc1F. The summed E-state index contributed by atoms with van der Waals surface area (Å²) in [6.45, 7) is 0. The molecule has 0 bridgehead atoms. The number of phenols is 1. The summed E-state index contributed by atoms with van der Waals surface area (Å²) >= 11 is 10.9. The quantitative estimate of drug-likeness (QED) is 0.641. The highest BCUT2D eigenvalue weighted by Crippen LogP contribution is 2.29. The van der Waals surface area contributed by atoms with Crippen molar-refractivity contribution in [3.63, 3.8) is 0 Å². The second kappa shape index (κ2) is 5.19. The molecule has 1 amide bonds. The number of nitrogens with one attached hydrogen (secondary N) is 1. The second-order valence-corrected chi connectivity index (χ2v) is 3.56. The van der Waals surface area contributed by atoms with Crippen LogP contribution >= 0.6 is 23.2 Å². The highest BCUT2D eigenvalue weighted by atomic mass is 35.5. The van der Waals surface area contributed by atoms with E-state index >= 15 is 0 Å². The van der Waals surface area contributed by atoms with Gasteiger partial charge in [0.15, 0.2) is 0 Å². The van der Waals surface area contributed by atoms with Crippen LogP contribution in [-0.4, -0.2) is 16.9 Å². The van der Waals surface area contributed by atoms with E-state index in [0.29, 0.717) is 0 Å². The van der Waals surface area contributed by atoms with E-state index in [4.69, 9.17) is 28.3 Å². The Morgan fingerprint density at radius 1 is 1.53 bits per heavy atom. The molecule has 15 heavy (non-hydrogen) atoms. The fourth-order valence-electron chi connectivity index (χ4n) is 0.931. The third-order valence-corrected chi connectivity index (χ3v) is 2.12. The highest BCUT2D eigenvalue weighted by molar-refractivity contribution is 6.32. The number of hydrogen-bond acceptors (Lipinski definition) is 2. The van der Waals surface area contributed by atoms with Gasteiger partial charge in [0, 0.05) is 18.4 Å². The number of aromatic hydroxyl groups is 1. The van der Waals surface area contributed by atoms with Gasteiger partial charge in [0.25, 0.3) is 0 Å². The van der Waals surface area contributed by atoms with Gasteiger partial charge in [-0.15, -0.1) is 11.6 Å². The predicted octanol–water partition coefficient (Wildman–Crippen LogP) is 2.75. The van der Waals surface area contributed by atoms with E-state index in [-0.39, 0.29) is 28.8 Å². The molecule has 0 aliphatic rings. The van der Waals surface area contributed by atoms with Crippen LogP contribution in [0, 0.1) is 5.82 Å². The van der Waals surface area contributed by atoms with E-state index in [9.17, 15) is 9.18 Å². The minimum atomic E-state index is -0.750. The Bertz CT molecular complexity index is 385. The van der Waals surface area contributed by atoms with Gasteiger partial charge in [-0.3, -0.25) is 4.79 Å². The summed E-state index contributed by atoms with van der Waals surface area (Å²) in [5.41, 5.74) is -0.0760. The Balaban J connectivity index is 2.86. The highest BCUT2D eigenvalue weighted by Gasteiger charge is 2.10. The second-order valence-electron chi connectivity index (χ2n) is 2.77. The average molecular weight is 252 g/mol. The first-order valence-corrected chi connectivity index (χ1v) is 4.99. The van der Waals surface area contributed by atoms with Crippen molar-refractivity contribution >= 4 is 34.8 Å². The van der Waals surface area contributed by atoms with Crippen LogP contribution in [0.25, 0.3) is 0 Å². The zero-order valence-electron chi connectivity index (χ0n) is 7.56. The molecule has 0 aliphatic heterocycles. The third kappa shape index (κ3) is 3.25.